The van der Waals surface area contributed by atoms with Crippen LogP contribution >= 0.6 is 11.8 Å². The summed E-state index contributed by atoms with van der Waals surface area (Å²) in [6, 6.07) is 7.45. The van der Waals surface area contributed by atoms with E-state index in [9.17, 15) is 4.79 Å². The Morgan fingerprint density at radius 2 is 2.13 bits per heavy atom. The monoisotopic (exact) mass is 225 g/mol. The number of carbonyl (C=O) groups excluding carboxylic acids is 1. The molecule has 0 saturated carbocycles. The first kappa shape index (κ1) is 11.9. The van der Waals surface area contributed by atoms with Crippen LogP contribution in [0.1, 0.15) is 13.8 Å². The summed E-state index contributed by atoms with van der Waals surface area (Å²) >= 11 is 1.44. The number of methoxy groups -OCH3 is 1. The molecule has 82 valence electrons. The average Bonchev–Trinajstić information content (AvgIpc) is 2.15. The molecule has 2 N–H and O–H groups in total. The van der Waals surface area contributed by atoms with Crippen molar-refractivity contribution in [2.45, 2.75) is 23.5 Å². The molecule has 0 radical (unpaired) electrons. The van der Waals surface area contributed by atoms with Gasteiger partial charge in [-0.3, -0.25) is 4.79 Å². The molecular formula is C11H15NO2S. The predicted octanol–water partition coefficient (Wildman–Crippen LogP) is 2.31. The third-order valence-corrected chi connectivity index (χ3v) is 3.07. The number of hydrogen-bond acceptors (Lipinski definition) is 4. The summed E-state index contributed by atoms with van der Waals surface area (Å²) in [4.78, 5) is 12.4. The van der Waals surface area contributed by atoms with Crippen molar-refractivity contribution in [1.82, 2.24) is 0 Å². The smallest absolute Gasteiger partial charge is 0.321 e. The second kappa shape index (κ2) is 4.57. The largest absolute Gasteiger partial charge is 0.468 e. The van der Waals surface area contributed by atoms with Crippen LogP contribution in [0.15, 0.2) is 29.2 Å². The highest BCUT2D eigenvalue weighted by Crippen LogP contribution is 2.33. The molecule has 0 saturated heterocycles. The van der Waals surface area contributed by atoms with Crippen molar-refractivity contribution in [2.75, 3.05) is 12.8 Å². The molecule has 0 aliphatic rings. The minimum Gasteiger partial charge on any atom is -0.468 e. The molecule has 15 heavy (non-hydrogen) atoms. The lowest BCUT2D eigenvalue weighted by atomic mass is 10.2. The van der Waals surface area contributed by atoms with Gasteiger partial charge in [0.2, 0.25) is 0 Å². The Kier molecular flexibility index (Phi) is 3.63. The van der Waals surface area contributed by atoms with Gasteiger partial charge < -0.3 is 10.5 Å². The Balaban J connectivity index is 2.81. The number of ether oxygens (including phenoxy) is 1. The molecule has 0 aromatic heterocycles. The van der Waals surface area contributed by atoms with Gasteiger partial charge in [0.1, 0.15) is 4.75 Å². The molecule has 1 rings (SSSR count). The predicted molar refractivity (Wildman–Crippen MR) is 62.8 cm³/mol. The highest BCUT2D eigenvalue weighted by Gasteiger charge is 2.29. The van der Waals surface area contributed by atoms with E-state index in [1.165, 1.54) is 18.9 Å². The molecule has 0 bridgehead atoms. The van der Waals surface area contributed by atoms with E-state index in [-0.39, 0.29) is 5.97 Å². The van der Waals surface area contributed by atoms with Gasteiger partial charge >= 0.3 is 5.97 Å². The maximum atomic E-state index is 11.4. The number of carbonyl (C=O) groups is 1. The Hall–Kier alpha value is -1.16. The molecule has 1 aromatic rings. The maximum Gasteiger partial charge on any atom is 0.321 e. The van der Waals surface area contributed by atoms with Gasteiger partial charge in [0.05, 0.1) is 7.11 Å². The fourth-order valence-electron chi connectivity index (χ4n) is 1.16. The minimum atomic E-state index is -0.595. The summed E-state index contributed by atoms with van der Waals surface area (Å²) in [7, 11) is 1.39. The Labute approximate surface area is 94.0 Å². The Morgan fingerprint density at radius 1 is 1.47 bits per heavy atom. The molecule has 0 unspecified atom stereocenters. The standard InChI is InChI=1S/C11H15NO2S/c1-11(2,10(13)14-3)15-9-6-4-5-8(12)7-9/h4-7H,12H2,1-3H3. The zero-order valence-electron chi connectivity index (χ0n) is 9.11. The quantitative estimate of drug-likeness (QED) is 0.487. The van der Waals surface area contributed by atoms with Crippen molar-refractivity contribution in [2.24, 2.45) is 0 Å². The van der Waals surface area contributed by atoms with Crippen LogP contribution in [-0.2, 0) is 9.53 Å². The fraction of sp³-hybridized carbons (Fsp3) is 0.364. The van der Waals surface area contributed by atoms with Crippen LogP contribution in [0.25, 0.3) is 0 Å². The highest BCUT2D eigenvalue weighted by molar-refractivity contribution is 8.01. The first-order valence-electron chi connectivity index (χ1n) is 4.58. The average molecular weight is 225 g/mol. The summed E-state index contributed by atoms with van der Waals surface area (Å²) in [5.41, 5.74) is 6.35. The van der Waals surface area contributed by atoms with Gasteiger partial charge in [0.25, 0.3) is 0 Å². The number of esters is 1. The topological polar surface area (TPSA) is 52.3 Å². The van der Waals surface area contributed by atoms with Crippen molar-refractivity contribution in [3.05, 3.63) is 24.3 Å². The molecule has 0 atom stereocenters. The van der Waals surface area contributed by atoms with Gasteiger partial charge in [0, 0.05) is 10.6 Å². The van der Waals surface area contributed by atoms with Crippen molar-refractivity contribution >= 4 is 23.4 Å². The summed E-state index contributed by atoms with van der Waals surface area (Å²) in [6.45, 7) is 3.65. The normalized spacial score (nSPS) is 11.1. The summed E-state index contributed by atoms with van der Waals surface area (Å²) in [5, 5.41) is 0. The van der Waals surface area contributed by atoms with Crippen molar-refractivity contribution < 1.29 is 9.53 Å². The zero-order chi connectivity index (χ0) is 11.5. The van der Waals surface area contributed by atoms with Crippen LogP contribution in [0.3, 0.4) is 0 Å². The summed E-state index contributed by atoms with van der Waals surface area (Å²) < 4.78 is 4.13. The highest BCUT2D eigenvalue weighted by atomic mass is 32.2. The van der Waals surface area contributed by atoms with Crippen molar-refractivity contribution in [1.29, 1.82) is 0 Å². The van der Waals surface area contributed by atoms with Gasteiger partial charge in [0.15, 0.2) is 0 Å². The number of rotatable bonds is 3. The first-order chi connectivity index (χ1) is 6.95. The van der Waals surface area contributed by atoms with Gasteiger partial charge in [-0.05, 0) is 32.0 Å². The second-order valence-corrected chi connectivity index (χ2v) is 5.37. The molecule has 0 amide bonds. The molecule has 0 aliphatic heterocycles. The second-order valence-electron chi connectivity index (χ2n) is 3.68. The Morgan fingerprint density at radius 3 is 2.67 bits per heavy atom. The van der Waals surface area contributed by atoms with Gasteiger partial charge in [-0.15, -0.1) is 11.8 Å². The van der Waals surface area contributed by atoms with Crippen LogP contribution in [0, 0.1) is 0 Å². The third kappa shape index (κ3) is 3.16. The molecule has 3 nitrogen and oxygen atoms in total. The van der Waals surface area contributed by atoms with E-state index in [2.05, 4.69) is 0 Å². The van der Waals surface area contributed by atoms with Gasteiger partial charge in [-0.1, -0.05) is 6.07 Å². The number of anilines is 1. The summed E-state index contributed by atoms with van der Waals surface area (Å²) in [5.74, 6) is -0.241. The van der Waals surface area contributed by atoms with Crippen LogP contribution in [0.5, 0.6) is 0 Å². The van der Waals surface area contributed by atoms with E-state index in [1.54, 1.807) is 0 Å². The van der Waals surface area contributed by atoms with E-state index in [4.69, 9.17) is 10.5 Å². The summed E-state index contributed by atoms with van der Waals surface area (Å²) in [6.07, 6.45) is 0. The number of benzene rings is 1. The van der Waals surface area contributed by atoms with Crippen LogP contribution < -0.4 is 5.73 Å². The number of thioether (sulfide) groups is 1. The first-order valence-corrected chi connectivity index (χ1v) is 5.40. The number of nitrogen functional groups attached to an aromatic ring is 1. The van der Waals surface area contributed by atoms with Crippen LogP contribution in [-0.4, -0.2) is 17.8 Å². The maximum absolute atomic E-state index is 11.4. The minimum absolute atomic E-state index is 0.241. The van der Waals surface area contributed by atoms with Gasteiger partial charge in [-0.2, -0.15) is 0 Å². The van der Waals surface area contributed by atoms with Crippen LogP contribution in [0.4, 0.5) is 5.69 Å². The van der Waals surface area contributed by atoms with E-state index in [0.717, 1.165) is 4.90 Å². The van der Waals surface area contributed by atoms with Gasteiger partial charge in [-0.25, -0.2) is 0 Å². The fourth-order valence-corrected chi connectivity index (χ4v) is 2.26. The van der Waals surface area contributed by atoms with E-state index in [0.29, 0.717) is 5.69 Å². The van der Waals surface area contributed by atoms with E-state index in [1.807, 2.05) is 38.1 Å². The Bertz CT molecular complexity index is 363. The van der Waals surface area contributed by atoms with Crippen molar-refractivity contribution in [3.8, 4) is 0 Å². The lowest BCUT2D eigenvalue weighted by Gasteiger charge is -2.20. The van der Waals surface area contributed by atoms with Crippen molar-refractivity contribution in [3.63, 3.8) is 0 Å². The molecular weight excluding hydrogens is 210 g/mol. The third-order valence-electron chi connectivity index (χ3n) is 1.91. The molecule has 0 spiro atoms. The molecule has 1 aromatic carbocycles. The molecule has 4 heteroatoms. The lowest BCUT2D eigenvalue weighted by molar-refractivity contribution is -0.142. The SMILES string of the molecule is COC(=O)C(C)(C)Sc1cccc(N)c1. The zero-order valence-corrected chi connectivity index (χ0v) is 9.93. The molecule has 0 heterocycles. The molecule has 0 fully saturated rings. The number of nitrogens with two attached hydrogens (primary N) is 1. The van der Waals surface area contributed by atoms with E-state index >= 15 is 0 Å². The lowest BCUT2D eigenvalue weighted by Crippen LogP contribution is -2.28. The van der Waals surface area contributed by atoms with E-state index < -0.39 is 4.75 Å². The molecule has 0 aliphatic carbocycles. The van der Waals surface area contributed by atoms with Crippen LogP contribution in [0.2, 0.25) is 0 Å². The number of hydrogen-bond donors (Lipinski definition) is 1.